The Morgan fingerprint density at radius 3 is 2.21 bits per heavy atom. The van der Waals surface area contributed by atoms with Crippen molar-refractivity contribution in [3.05, 3.63) is 17.7 Å². The van der Waals surface area contributed by atoms with E-state index >= 15 is 0 Å². The molecule has 0 saturated heterocycles. The Hall–Kier alpha value is -1.93. The van der Waals surface area contributed by atoms with Gasteiger partial charge in [0.25, 0.3) is 0 Å². The molecule has 19 heavy (non-hydrogen) atoms. The molecule has 5 nitrogen and oxygen atoms in total. The Balaban J connectivity index is 3.17. The fraction of sp³-hybridized carbons (Fsp3) is 0.500. The standard InChI is InChI=1S/C14H20N2O3/c1-4-11(9-16)19-14-12(17-2)7-10(5-6-15)8-13(14)18-3/h7-8,11H,4-6,15H2,1-3H3. The van der Waals surface area contributed by atoms with E-state index < -0.39 is 6.10 Å². The highest BCUT2D eigenvalue weighted by atomic mass is 16.5. The van der Waals surface area contributed by atoms with Gasteiger partial charge in [0, 0.05) is 0 Å². The fourth-order valence-corrected chi connectivity index (χ4v) is 1.70. The summed E-state index contributed by atoms with van der Waals surface area (Å²) in [6.45, 7) is 2.43. The van der Waals surface area contributed by atoms with Crippen LogP contribution >= 0.6 is 0 Å². The van der Waals surface area contributed by atoms with E-state index in [1.807, 2.05) is 19.1 Å². The number of hydrogen-bond donors (Lipinski definition) is 1. The summed E-state index contributed by atoms with van der Waals surface area (Å²) in [5.41, 5.74) is 6.56. The van der Waals surface area contributed by atoms with Crippen LogP contribution in [0.4, 0.5) is 0 Å². The molecule has 1 atom stereocenters. The number of hydrogen-bond acceptors (Lipinski definition) is 5. The normalized spacial score (nSPS) is 11.5. The van der Waals surface area contributed by atoms with Crippen molar-refractivity contribution >= 4 is 0 Å². The van der Waals surface area contributed by atoms with Crippen molar-refractivity contribution in [2.24, 2.45) is 5.73 Å². The molecule has 0 aromatic heterocycles. The second kappa shape index (κ2) is 7.49. The van der Waals surface area contributed by atoms with Crippen molar-refractivity contribution in [2.75, 3.05) is 20.8 Å². The molecule has 1 rings (SSSR count). The molecule has 1 unspecified atom stereocenters. The zero-order valence-electron chi connectivity index (χ0n) is 11.6. The van der Waals surface area contributed by atoms with Gasteiger partial charge in [-0.15, -0.1) is 0 Å². The van der Waals surface area contributed by atoms with Crippen LogP contribution in [0.25, 0.3) is 0 Å². The van der Waals surface area contributed by atoms with Crippen LogP contribution in [-0.2, 0) is 6.42 Å². The molecule has 104 valence electrons. The first-order chi connectivity index (χ1) is 9.19. The summed E-state index contributed by atoms with van der Waals surface area (Å²) in [6.07, 6.45) is 0.790. The minimum absolute atomic E-state index is 0.458. The first kappa shape index (κ1) is 15.1. The van der Waals surface area contributed by atoms with Gasteiger partial charge in [-0.25, -0.2) is 0 Å². The van der Waals surface area contributed by atoms with Crippen molar-refractivity contribution < 1.29 is 14.2 Å². The maximum absolute atomic E-state index is 8.98. The number of nitrogens with two attached hydrogens (primary N) is 1. The maximum Gasteiger partial charge on any atom is 0.204 e. The molecular formula is C14H20N2O3. The Morgan fingerprint density at radius 1 is 1.26 bits per heavy atom. The zero-order chi connectivity index (χ0) is 14.3. The van der Waals surface area contributed by atoms with E-state index in [0.29, 0.717) is 30.2 Å². The quantitative estimate of drug-likeness (QED) is 0.813. The third-order valence-corrected chi connectivity index (χ3v) is 2.73. The van der Waals surface area contributed by atoms with Crippen molar-refractivity contribution in [3.63, 3.8) is 0 Å². The van der Waals surface area contributed by atoms with E-state index in [9.17, 15) is 0 Å². The Bertz CT molecular complexity index is 429. The molecule has 0 radical (unpaired) electrons. The third-order valence-electron chi connectivity index (χ3n) is 2.73. The lowest BCUT2D eigenvalue weighted by atomic mass is 10.1. The average molecular weight is 264 g/mol. The van der Waals surface area contributed by atoms with Crippen molar-refractivity contribution in [3.8, 4) is 23.3 Å². The molecule has 0 amide bonds. The van der Waals surface area contributed by atoms with Gasteiger partial charge in [0.05, 0.1) is 14.2 Å². The highest BCUT2D eigenvalue weighted by Gasteiger charge is 2.17. The predicted molar refractivity (Wildman–Crippen MR) is 72.6 cm³/mol. The Kier molecular flexibility index (Phi) is 5.97. The number of nitriles is 1. The number of rotatable bonds is 7. The number of benzene rings is 1. The smallest absolute Gasteiger partial charge is 0.204 e. The highest BCUT2D eigenvalue weighted by Crippen LogP contribution is 2.39. The summed E-state index contributed by atoms with van der Waals surface area (Å²) >= 11 is 0. The van der Waals surface area contributed by atoms with Gasteiger partial charge in [0.15, 0.2) is 17.6 Å². The summed E-state index contributed by atoms with van der Waals surface area (Å²) in [6, 6.07) is 5.80. The monoisotopic (exact) mass is 264 g/mol. The largest absolute Gasteiger partial charge is 0.493 e. The van der Waals surface area contributed by atoms with E-state index in [-0.39, 0.29) is 0 Å². The average Bonchev–Trinajstić information content (AvgIpc) is 2.45. The molecular weight excluding hydrogens is 244 g/mol. The summed E-state index contributed by atoms with van der Waals surface area (Å²) in [5.74, 6) is 1.56. The second-order valence-corrected chi connectivity index (χ2v) is 4.01. The summed E-state index contributed by atoms with van der Waals surface area (Å²) in [4.78, 5) is 0. The zero-order valence-corrected chi connectivity index (χ0v) is 11.6. The molecule has 0 aliphatic carbocycles. The van der Waals surface area contributed by atoms with Crippen LogP contribution in [0.3, 0.4) is 0 Å². The van der Waals surface area contributed by atoms with Gasteiger partial charge in [-0.1, -0.05) is 6.92 Å². The molecule has 0 heterocycles. The topological polar surface area (TPSA) is 77.5 Å². The molecule has 1 aromatic carbocycles. The molecule has 0 bridgehead atoms. The minimum atomic E-state index is -0.525. The van der Waals surface area contributed by atoms with Crippen LogP contribution in [0.2, 0.25) is 0 Å². The molecule has 0 saturated carbocycles. The SMILES string of the molecule is CCC(C#N)Oc1c(OC)cc(CCN)cc1OC. The predicted octanol–water partition coefficient (Wildman–Crippen LogP) is 1.89. The number of ether oxygens (including phenoxy) is 3. The lowest BCUT2D eigenvalue weighted by molar-refractivity contribution is 0.226. The second-order valence-electron chi connectivity index (χ2n) is 4.01. The van der Waals surface area contributed by atoms with Gasteiger partial charge < -0.3 is 19.9 Å². The van der Waals surface area contributed by atoms with Gasteiger partial charge in [-0.2, -0.15) is 5.26 Å². The summed E-state index contributed by atoms with van der Waals surface area (Å²) in [7, 11) is 3.11. The number of nitrogens with zero attached hydrogens (tertiary/aromatic N) is 1. The maximum atomic E-state index is 8.98. The van der Waals surface area contributed by atoms with E-state index in [4.69, 9.17) is 25.2 Å². The number of methoxy groups -OCH3 is 2. The van der Waals surface area contributed by atoms with Crippen LogP contribution < -0.4 is 19.9 Å². The van der Waals surface area contributed by atoms with Crippen LogP contribution in [-0.4, -0.2) is 26.9 Å². The van der Waals surface area contributed by atoms with Crippen LogP contribution in [0.15, 0.2) is 12.1 Å². The third kappa shape index (κ3) is 3.76. The molecule has 0 aliphatic heterocycles. The minimum Gasteiger partial charge on any atom is -0.493 e. The van der Waals surface area contributed by atoms with Crippen molar-refractivity contribution in [1.29, 1.82) is 5.26 Å². The van der Waals surface area contributed by atoms with E-state index in [1.165, 1.54) is 0 Å². The molecule has 0 aliphatic rings. The van der Waals surface area contributed by atoms with Crippen LogP contribution in [0.5, 0.6) is 17.2 Å². The fourth-order valence-electron chi connectivity index (χ4n) is 1.70. The molecule has 0 fully saturated rings. The van der Waals surface area contributed by atoms with Crippen LogP contribution in [0, 0.1) is 11.3 Å². The van der Waals surface area contributed by atoms with Gasteiger partial charge in [-0.05, 0) is 37.1 Å². The first-order valence-corrected chi connectivity index (χ1v) is 6.21. The Labute approximate surface area is 113 Å². The molecule has 2 N–H and O–H groups in total. The summed E-state index contributed by atoms with van der Waals surface area (Å²) < 4.78 is 16.3. The first-order valence-electron chi connectivity index (χ1n) is 6.21. The van der Waals surface area contributed by atoms with Crippen LogP contribution in [0.1, 0.15) is 18.9 Å². The summed E-state index contributed by atoms with van der Waals surface area (Å²) in [5, 5.41) is 8.98. The van der Waals surface area contributed by atoms with E-state index in [2.05, 4.69) is 6.07 Å². The molecule has 1 aromatic rings. The highest BCUT2D eigenvalue weighted by molar-refractivity contribution is 5.54. The van der Waals surface area contributed by atoms with Crippen molar-refractivity contribution in [2.45, 2.75) is 25.9 Å². The lowest BCUT2D eigenvalue weighted by Gasteiger charge is -2.18. The molecule has 5 heteroatoms. The van der Waals surface area contributed by atoms with Gasteiger partial charge in [0.2, 0.25) is 5.75 Å². The Morgan fingerprint density at radius 2 is 1.84 bits per heavy atom. The lowest BCUT2D eigenvalue weighted by Crippen LogP contribution is -2.14. The van der Waals surface area contributed by atoms with Crippen molar-refractivity contribution in [1.82, 2.24) is 0 Å². The van der Waals surface area contributed by atoms with E-state index in [1.54, 1.807) is 14.2 Å². The van der Waals surface area contributed by atoms with Gasteiger partial charge in [0.1, 0.15) is 6.07 Å². The van der Waals surface area contributed by atoms with E-state index in [0.717, 1.165) is 12.0 Å². The van der Waals surface area contributed by atoms with Gasteiger partial charge >= 0.3 is 0 Å². The van der Waals surface area contributed by atoms with Gasteiger partial charge in [-0.3, -0.25) is 0 Å². The molecule has 0 spiro atoms.